The molecule has 0 amide bonds. The van der Waals surface area contributed by atoms with E-state index in [1.807, 2.05) is 50.6 Å². The van der Waals surface area contributed by atoms with Crippen LogP contribution in [0.5, 0.6) is 0 Å². The van der Waals surface area contributed by atoms with E-state index in [0.717, 1.165) is 41.8 Å². The number of pyridine rings is 2. The Morgan fingerprint density at radius 2 is 2.00 bits per heavy atom. The molecule has 9 nitrogen and oxygen atoms in total. The largest absolute Gasteiger partial charge is 0.450 e. The van der Waals surface area contributed by atoms with Crippen LogP contribution in [-0.4, -0.2) is 42.0 Å². The summed E-state index contributed by atoms with van der Waals surface area (Å²) in [6, 6.07) is 7.73. The molecule has 1 fully saturated rings. The van der Waals surface area contributed by atoms with E-state index in [1.54, 1.807) is 15.4 Å². The molecule has 178 valence electrons. The molecule has 2 atom stereocenters. The molecule has 5 aromatic heterocycles. The molecule has 1 saturated heterocycles. The summed E-state index contributed by atoms with van der Waals surface area (Å²) in [5.41, 5.74) is 5.95. The van der Waals surface area contributed by atoms with Gasteiger partial charge in [-0.25, -0.2) is 9.78 Å². The Bertz CT molecular complexity index is 1600. The number of hydrogen-bond donors (Lipinski definition) is 0. The van der Waals surface area contributed by atoms with Crippen LogP contribution in [-0.2, 0) is 11.8 Å². The Balaban J connectivity index is 1.64. The van der Waals surface area contributed by atoms with Crippen molar-refractivity contribution in [3.8, 4) is 22.5 Å². The number of fused-ring (bicyclic) bond motifs is 3. The van der Waals surface area contributed by atoms with Crippen molar-refractivity contribution in [2.24, 2.45) is 7.05 Å². The summed E-state index contributed by atoms with van der Waals surface area (Å²) < 4.78 is 15.7. The average molecular weight is 471 g/mol. The van der Waals surface area contributed by atoms with Crippen molar-refractivity contribution in [3.05, 3.63) is 59.0 Å². The lowest BCUT2D eigenvalue weighted by Gasteiger charge is -2.30. The first kappa shape index (κ1) is 21.7. The number of aromatic nitrogens is 6. The standard InChI is InChI=1S/C26H26N6O3/c1-4-19-11-18(9-10-34-19)32-24-23-21(8-7-20(29-23)16-6-5-15(2)27-12-16)35-25(24)22(30-26(32)33)17-13-28-31(3)14-17/h5-8,12-14,18-19H,4,9-11H2,1-3H3/t18-,19-/m0/s1. The van der Waals surface area contributed by atoms with E-state index < -0.39 is 0 Å². The van der Waals surface area contributed by atoms with Crippen LogP contribution in [0.2, 0.25) is 0 Å². The van der Waals surface area contributed by atoms with Gasteiger partial charge in [-0.15, -0.1) is 0 Å². The van der Waals surface area contributed by atoms with E-state index in [9.17, 15) is 4.79 Å². The van der Waals surface area contributed by atoms with Gasteiger partial charge in [0.2, 0.25) is 0 Å². The maximum absolute atomic E-state index is 13.6. The minimum Gasteiger partial charge on any atom is -0.450 e. The first-order chi connectivity index (χ1) is 17.0. The third-order valence-electron chi connectivity index (χ3n) is 6.72. The topological polar surface area (TPSA) is 101 Å². The third-order valence-corrected chi connectivity index (χ3v) is 6.72. The second-order valence-electron chi connectivity index (χ2n) is 9.11. The predicted molar refractivity (Wildman–Crippen MR) is 132 cm³/mol. The smallest absolute Gasteiger partial charge is 0.349 e. The van der Waals surface area contributed by atoms with Crippen LogP contribution in [0.25, 0.3) is 44.7 Å². The number of furan rings is 1. The quantitative estimate of drug-likeness (QED) is 0.383. The Kier molecular flexibility index (Phi) is 5.21. The zero-order valence-electron chi connectivity index (χ0n) is 19.9. The molecule has 5 aromatic rings. The average Bonchev–Trinajstić information content (AvgIpc) is 3.47. The Labute approximate surface area is 201 Å². The molecule has 6 heterocycles. The van der Waals surface area contributed by atoms with Gasteiger partial charge in [-0.1, -0.05) is 6.92 Å². The fourth-order valence-corrected chi connectivity index (χ4v) is 4.88. The molecule has 0 aliphatic carbocycles. The first-order valence-electron chi connectivity index (χ1n) is 11.9. The van der Waals surface area contributed by atoms with Crippen molar-refractivity contribution in [2.75, 3.05) is 6.61 Å². The highest BCUT2D eigenvalue weighted by atomic mass is 16.5. The molecule has 6 rings (SSSR count). The Morgan fingerprint density at radius 3 is 2.74 bits per heavy atom. The second-order valence-corrected chi connectivity index (χ2v) is 9.11. The lowest BCUT2D eigenvalue weighted by atomic mass is 10.0. The van der Waals surface area contributed by atoms with Crippen molar-refractivity contribution >= 4 is 22.2 Å². The minimum atomic E-state index is -0.315. The van der Waals surface area contributed by atoms with Crippen molar-refractivity contribution in [3.63, 3.8) is 0 Å². The van der Waals surface area contributed by atoms with E-state index in [1.165, 1.54) is 0 Å². The molecule has 0 spiro atoms. The van der Waals surface area contributed by atoms with Crippen LogP contribution < -0.4 is 5.69 Å². The van der Waals surface area contributed by atoms with Gasteiger partial charge in [0, 0.05) is 48.9 Å². The molecule has 35 heavy (non-hydrogen) atoms. The van der Waals surface area contributed by atoms with Crippen LogP contribution >= 0.6 is 0 Å². The molecule has 0 bridgehead atoms. The van der Waals surface area contributed by atoms with E-state index in [0.29, 0.717) is 34.5 Å². The number of hydrogen-bond acceptors (Lipinski definition) is 7. The summed E-state index contributed by atoms with van der Waals surface area (Å²) in [6.07, 6.45) is 7.81. The molecule has 9 heteroatoms. The summed E-state index contributed by atoms with van der Waals surface area (Å²) in [6.45, 7) is 4.66. The fourth-order valence-electron chi connectivity index (χ4n) is 4.88. The summed E-state index contributed by atoms with van der Waals surface area (Å²) in [5.74, 6) is 0. The molecular formula is C26H26N6O3. The van der Waals surface area contributed by atoms with Gasteiger partial charge in [-0.3, -0.25) is 14.2 Å². The molecule has 0 saturated carbocycles. The Morgan fingerprint density at radius 1 is 1.11 bits per heavy atom. The normalized spacial score (nSPS) is 18.5. The second kappa shape index (κ2) is 8.42. The zero-order valence-corrected chi connectivity index (χ0v) is 19.9. The highest BCUT2D eigenvalue weighted by Crippen LogP contribution is 2.37. The van der Waals surface area contributed by atoms with E-state index >= 15 is 0 Å². The van der Waals surface area contributed by atoms with Crippen LogP contribution in [0, 0.1) is 6.92 Å². The van der Waals surface area contributed by atoms with Gasteiger partial charge in [0.05, 0.1) is 18.0 Å². The van der Waals surface area contributed by atoms with Crippen LogP contribution in [0.4, 0.5) is 0 Å². The van der Waals surface area contributed by atoms with E-state index in [4.69, 9.17) is 14.1 Å². The number of aryl methyl sites for hydroxylation is 2. The predicted octanol–water partition coefficient (Wildman–Crippen LogP) is 4.44. The molecule has 1 aliphatic heterocycles. The molecule has 1 aliphatic rings. The number of nitrogens with zero attached hydrogens (tertiary/aromatic N) is 6. The fraction of sp³-hybridized carbons (Fsp3) is 0.346. The SMILES string of the molecule is CC[C@H]1C[C@@H](n2c(=O)nc(-c3cnn(C)c3)c3oc4ccc(-c5ccc(C)nc5)nc4c32)CCO1. The summed E-state index contributed by atoms with van der Waals surface area (Å²) in [5, 5.41) is 4.26. The van der Waals surface area contributed by atoms with Gasteiger partial charge in [0.1, 0.15) is 16.7 Å². The zero-order chi connectivity index (χ0) is 24.1. The first-order valence-corrected chi connectivity index (χ1v) is 11.9. The highest BCUT2D eigenvalue weighted by Gasteiger charge is 2.29. The lowest BCUT2D eigenvalue weighted by Crippen LogP contribution is -2.34. The van der Waals surface area contributed by atoms with Crippen LogP contribution in [0.1, 0.15) is 37.9 Å². The summed E-state index contributed by atoms with van der Waals surface area (Å²) >= 11 is 0. The van der Waals surface area contributed by atoms with Crippen molar-refractivity contribution < 1.29 is 9.15 Å². The van der Waals surface area contributed by atoms with Crippen LogP contribution in [0.15, 0.2) is 52.1 Å². The maximum atomic E-state index is 13.6. The molecule has 0 radical (unpaired) electrons. The number of ether oxygens (including phenoxy) is 1. The third kappa shape index (κ3) is 3.72. The molecule has 0 N–H and O–H groups in total. The summed E-state index contributed by atoms with van der Waals surface area (Å²) in [7, 11) is 1.83. The van der Waals surface area contributed by atoms with Gasteiger partial charge in [-0.2, -0.15) is 10.1 Å². The molecular weight excluding hydrogens is 444 g/mol. The van der Waals surface area contributed by atoms with Gasteiger partial charge in [-0.05, 0) is 50.5 Å². The van der Waals surface area contributed by atoms with Gasteiger partial charge < -0.3 is 9.15 Å². The van der Waals surface area contributed by atoms with E-state index in [2.05, 4.69) is 22.0 Å². The lowest BCUT2D eigenvalue weighted by molar-refractivity contribution is -0.00710. The molecule has 0 unspecified atom stereocenters. The van der Waals surface area contributed by atoms with E-state index in [-0.39, 0.29) is 17.8 Å². The van der Waals surface area contributed by atoms with Crippen molar-refractivity contribution in [2.45, 2.75) is 45.3 Å². The molecule has 0 aromatic carbocycles. The maximum Gasteiger partial charge on any atom is 0.349 e. The number of rotatable bonds is 4. The van der Waals surface area contributed by atoms with Crippen molar-refractivity contribution in [1.29, 1.82) is 0 Å². The monoisotopic (exact) mass is 470 g/mol. The minimum absolute atomic E-state index is 0.0496. The Hall–Kier alpha value is -3.85. The van der Waals surface area contributed by atoms with Gasteiger partial charge in [0.25, 0.3) is 0 Å². The van der Waals surface area contributed by atoms with Gasteiger partial charge in [0.15, 0.2) is 11.2 Å². The van der Waals surface area contributed by atoms with Crippen LogP contribution in [0.3, 0.4) is 0 Å². The van der Waals surface area contributed by atoms with Gasteiger partial charge >= 0.3 is 5.69 Å². The van der Waals surface area contributed by atoms with Crippen molar-refractivity contribution in [1.82, 2.24) is 29.3 Å². The summed E-state index contributed by atoms with van der Waals surface area (Å²) in [4.78, 5) is 27.4. The highest BCUT2D eigenvalue weighted by molar-refractivity contribution is 6.05.